The number of hydrogen-bond donors (Lipinski definition) is 2. The number of amides is 1. The van der Waals surface area contributed by atoms with Crippen molar-refractivity contribution in [1.29, 1.82) is 0 Å². The molecule has 1 atom stereocenters. The highest BCUT2D eigenvalue weighted by atomic mass is 16.5. The zero-order chi connectivity index (χ0) is 13.5. The van der Waals surface area contributed by atoms with Gasteiger partial charge in [0.1, 0.15) is 0 Å². The van der Waals surface area contributed by atoms with Crippen molar-refractivity contribution >= 4 is 5.91 Å². The van der Waals surface area contributed by atoms with Crippen LogP contribution in [0.25, 0.3) is 0 Å². The van der Waals surface area contributed by atoms with E-state index in [0.29, 0.717) is 19.6 Å². The van der Waals surface area contributed by atoms with E-state index in [9.17, 15) is 4.79 Å². The van der Waals surface area contributed by atoms with Crippen LogP contribution in [-0.4, -0.2) is 50.3 Å². The Bertz CT molecular complexity index is 391. The zero-order valence-electron chi connectivity index (χ0n) is 11.3. The second-order valence-corrected chi connectivity index (χ2v) is 4.61. The van der Waals surface area contributed by atoms with E-state index in [1.165, 1.54) is 0 Å². The summed E-state index contributed by atoms with van der Waals surface area (Å²) in [6.45, 7) is 2.83. The Kier molecular flexibility index (Phi) is 5.32. The van der Waals surface area contributed by atoms with Crippen LogP contribution in [0.15, 0.2) is 30.3 Å². The molecule has 1 aromatic rings. The van der Waals surface area contributed by atoms with Gasteiger partial charge in [-0.25, -0.2) is 5.01 Å². The van der Waals surface area contributed by atoms with E-state index in [1.54, 1.807) is 0 Å². The summed E-state index contributed by atoms with van der Waals surface area (Å²) in [7, 11) is 1.81. The van der Waals surface area contributed by atoms with Crippen molar-refractivity contribution in [2.75, 3.05) is 33.4 Å². The topological polar surface area (TPSA) is 53.6 Å². The quantitative estimate of drug-likeness (QED) is 0.796. The molecule has 5 heteroatoms. The number of likely N-dealkylation sites (N-methyl/N-ethyl adjacent to an activating group) is 1. The molecule has 104 valence electrons. The van der Waals surface area contributed by atoms with Crippen LogP contribution in [0.5, 0.6) is 0 Å². The van der Waals surface area contributed by atoms with Crippen molar-refractivity contribution in [3.05, 3.63) is 35.9 Å². The number of carbonyl (C=O) groups is 1. The Morgan fingerprint density at radius 3 is 2.63 bits per heavy atom. The van der Waals surface area contributed by atoms with Crippen LogP contribution in [-0.2, 0) is 16.0 Å². The van der Waals surface area contributed by atoms with Crippen LogP contribution in [0.1, 0.15) is 5.56 Å². The number of carbonyl (C=O) groups excluding carboxylic acids is 1. The van der Waals surface area contributed by atoms with Crippen LogP contribution in [0, 0.1) is 0 Å². The van der Waals surface area contributed by atoms with Crippen molar-refractivity contribution in [3.63, 3.8) is 0 Å². The van der Waals surface area contributed by atoms with Gasteiger partial charge in [-0.15, -0.1) is 0 Å². The van der Waals surface area contributed by atoms with Gasteiger partial charge in [-0.05, 0) is 19.0 Å². The predicted molar refractivity (Wildman–Crippen MR) is 73.5 cm³/mol. The van der Waals surface area contributed by atoms with Gasteiger partial charge in [0.15, 0.2) is 0 Å². The summed E-state index contributed by atoms with van der Waals surface area (Å²) in [5.74, 6) is 0.00764. The average molecular weight is 263 g/mol. The molecule has 0 aromatic heterocycles. The van der Waals surface area contributed by atoms with E-state index in [-0.39, 0.29) is 11.9 Å². The first kappa shape index (κ1) is 14.0. The molecule has 0 unspecified atom stereocenters. The Labute approximate surface area is 113 Å². The van der Waals surface area contributed by atoms with E-state index in [0.717, 1.165) is 18.7 Å². The Hall–Kier alpha value is -1.43. The lowest BCUT2D eigenvalue weighted by molar-refractivity contribution is -0.130. The summed E-state index contributed by atoms with van der Waals surface area (Å²) in [5, 5.41) is 4.99. The molecule has 0 aliphatic carbocycles. The third kappa shape index (κ3) is 4.31. The van der Waals surface area contributed by atoms with Gasteiger partial charge in [-0.3, -0.25) is 10.2 Å². The van der Waals surface area contributed by atoms with Gasteiger partial charge in [-0.2, -0.15) is 0 Å². The normalized spacial score (nSPS) is 17.9. The molecule has 1 saturated heterocycles. The van der Waals surface area contributed by atoms with E-state index < -0.39 is 0 Å². The highest BCUT2D eigenvalue weighted by Crippen LogP contribution is 2.03. The third-order valence-electron chi connectivity index (χ3n) is 3.23. The van der Waals surface area contributed by atoms with Gasteiger partial charge in [0.2, 0.25) is 0 Å². The predicted octanol–water partition coefficient (Wildman–Crippen LogP) is 0.181. The zero-order valence-corrected chi connectivity index (χ0v) is 11.3. The lowest BCUT2D eigenvalue weighted by atomic mass is 10.1. The first-order valence-corrected chi connectivity index (χ1v) is 6.64. The fraction of sp³-hybridized carbons (Fsp3) is 0.500. The standard InChI is InChI=1S/C14H21N3O2/c1-15-13(11-12-5-3-2-4-6-12)14(18)16-17-7-9-19-10-8-17/h2-6,13,15H,7-11H2,1H3,(H,16,18)/t13-/m0/s1. The molecule has 0 bridgehead atoms. The molecule has 0 radical (unpaired) electrons. The minimum atomic E-state index is -0.217. The Morgan fingerprint density at radius 1 is 1.32 bits per heavy atom. The molecule has 0 spiro atoms. The smallest absolute Gasteiger partial charge is 0.251 e. The van der Waals surface area contributed by atoms with Crippen LogP contribution in [0.3, 0.4) is 0 Å². The van der Waals surface area contributed by atoms with E-state index in [2.05, 4.69) is 10.7 Å². The van der Waals surface area contributed by atoms with E-state index >= 15 is 0 Å². The third-order valence-corrected chi connectivity index (χ3v) is 3.23. The number of morpholine rings is 1. The second kappa shape index (κ2) is 7.23. The molecule has 1 heterocycles. The maximum atomic E-state index is 12.2. The molecule has 1 amide bonds. The highest BCUT2D eigenvalue weighted by molar-refractivity contribution is 5.81. The molecule has 1 aliphatic heterocycles. The van der Waals surface area contributed by atoms with Crippen molar-refractivity contribution in [3.8, 4) is 0 Å². The van der Waals surface area contributed by atoms with Gasteiger partial charge in [-0.1, -0.05) is 30.3 Å². The molecule has 5 nitrogen and oxygen atoms in total. The van der Waals surface area contributed by atoms with Crippen molar-refractivity contribution in [2.24, 2.45) is 0 Å². The van der Waals surface area contributed by atoms with E-state index in [1.807, 2.05) is 42.4 Å². The second-order valence-electron chi connectivity index (χ2n) is 4.61. The number of nitrogens with zero attached hydrogens (tertiary/aromatic N) is 1. The van der Waals surface area contributed by atoms with E-state index in [4.69, 9.17) is 4.74 Å². The lowest BCUT2D eigenvalue weighted by Crippen LogP contribution is -2.54. The summed E-state index contributed by atoms with van der Waals surface area (Å²) < 4.78 is 5.26. The van der Waals surface area contributed by atoms with Crippen LogP contribution in [0.4, 0.5) is 0 Å². The summed E-state index contributed by atoms with van der Waals surface area (Å²) in [4.78, 5) is 12.2. The molecule has 19 heavy (non-hydrogen) atoms. The van der Waals surface area contributed by atoms with Crippen LogP contribution >= 0.6 is 0 Å². The molecule has 1 aromatic carbocycles. The van der Waals surface area contributed by atoms with Crippen LogP contribution < -0.4 is 10.7 Å². The van der Waals surface area contributed by atoms with Crippen molar-refractivity contribution in [1.82, 2.24) is 15.8 Å². The maximum Gasteiger partial charge on any atom is 0.251 e. The number of hydrazine groups is 1. The number of ether oxygens (including phenoxy) is 1. The summed E-state index contributed by atoms with van der Waals surface area (Å²) in [5.41, 5.74) is 4.09. The first-order valence-electron chi connectivity index (χ1n) is 6.64. The van der Waals surface area contributed by atoms with Crippen molar-refractivity contribution in [2.45, 2.75) is 12.5 Å². The van der Waals surface area contributed by atoms with Gasteiger partial charge < -0.3 is 10.1 Å². The Morgan fingerprint density at radius 2 is 2.00 bits per heavy atom. The van der Waals surface area contributed by atoms with Crippen LogP contribution in [0.2, 0.25) is 0 Å². The highest BCUT2D eigenvalue weighted by Gasteiger charge is 2.20. The number of benzene rings is 1. The van der Waals surface area contributed by atoms with Gasteiger partial charge >= 0.3 is 0 Å². The summed E-state index contributed by atoms with van der Waals surface area (Å²) in [6, 6.07) is 9.80. The van der Waals surface area contributed by atoms with Crippen molar-refractivity contribution < 1.29 is 9.53 Å². The minimum absolute atomic E-state index is 0.00764. The molecule has 2 N–H and O–H groups in total. The monoisotopic (exact) mass is 263 g/mol. The fourth-order valence-corrected chi connectivity index (χ4v) is 2.08. The SMILES string of the molecule is CN[C@@H](Cc1ccccc1)C(=O)NN1CCOCC1. The van der Waals surface area contributed by atoms with Gasteiger partial charge in [0, 0.05) is 13.1 Å². The van der Waals surface area contributed by atoms with Gasteiger partial charge in [0.05, 0.1) is 19.3 Å². The number of rotatable bonds is 5. The Balaban J connectivity index is 1.87. The number of hydrogen-bond acceptors (Lipinski definition) is 4. The lowest BCUT2D eigenvalue weighted by Gasteiger charge is -2.28. The minimum Gasteiger partial charge on any atom is -0.379 e. The molecule has 2 rings (SSSR count). The molecular weight excluding hydrogens is 242 g/mol. The fourth-order valence-electron chi connectivity index (χ4n) is 2.08. The largest absolute Gasteiger partial charge is 0.379 e. The molecule has 1 aliphatic rings. The van der Waals surface area contributed by atoms with Gasteiger partial charge in [0.25, 0.3) is 5.91 Å². The maximum absolute atomic E-state index is 12.2. The summed E-state index contributed by atoms with van der Waals surface area (Å²) in [6.07, 6.45) is 0.688. The number of nitrogens with one attached hydrogen (secondary N) is 2. The molecular formula is C14H21N3O2. The summed E-state index contributed by atoms with van der Waals surface area (Å²) >= 11 is 0. The molecule has 0 saturated carbocycles. The average Bonchev–Trinajstić information content (AvgIpc) is 2.47. The molecule has 1 fully saturated rings. The first-order chi connectivity index (χ1) is 9.29.